The highest BCUT2D eigenvalue weighted by atomic mass is 16.4. The van der Waals surface area contributed by atoms with E-state index in [2.05, 4.69) is 20.3 Å². The van der Waals surface area contributed by atoms with Gasteiger partial charge in [-0.3, -0.25) is 9.78 Å². The Labute approximate surface area is 136 Å². The predicted molar refractivity (Wildman–Crippen MR) is 89.7 cm³/mol. The summed E-state index contributed by atoms with van der Waals surface area (Å²) in [5, 5.41) is 18.0. The van der Waals surface area contributed by atoms with Crippen LogP contribution in [0.25, 0.3) is 33.2 Å². The summed E-state index contributed by atoms with van der Waals surface area (Å²) in [6.45, 7) is 1.91. The van der Waals surface area contributed by atoms with Gasteiger partial charge in [0.1, 0.15) is 0 Å². The van der Waals surface area contributed by atoms with Crippen molar-refractivity contribution in [3.8, 4) is 11.3 Å². The van der Waals surface area contributed by atoms with Crippen LogP contribution in [0.15, 0.2) is 30.5 Å². The van der Waals surface area contributed by atoms with E-state index < -0.39 is 5.97 Å². The Morgan fingerprint density at radius 3 is 2.83 bits per heavy atom. The Hall–Kier alpha value is -3.22. The lowest BCUT2D eigenvalue weighted by Gasteiger charge is -2.02. The third kappa shape index (κ3) is 2.21. The number of carboxylic acid groups (broad SMARTS) is 1. The van der Waals surface area contributed by atoms with E-state index >= 15 is 0 Å². The third-order valence-corrected chi connectivity index (χ3v) is 4.12. The molecule has 0 saturated heterocycles. The monoisotopic (exact) mass is 321 g/mol. The van der Waals surface area contributed by atoms with Crippen LogP contribution in [-0.2, 0) is 18.3 Å². The number of nitrogens with one attached hydrogen (secondary N) is 1. The summed E-state index contributed by atoms with van der Waals surface area (Å²) in [5.41, 5.74) is 6.12. The van der Waals surface area contributed by atoms with E-state index in [0.29, 0.717) is 0 Å². The number of pyridine rings is 1. The molecule has 7 nitrogen and oxygen atoms in total. The summed E-state index contributed by atoms with van der Waals surface area (Å²) in [7, 11) is 1.85. The quantitative estimate of drug-likeness (QED) is 0.604. The zero-order valence-corrected chi connectivity index (χ0v) is 13.2. The number of aromatic amines is 1. The molecule has 0 aliphatic rings. The van der Waals surface area contributed by atoms with Gasteiger partial charge in [-0.2, -0.15) is 0 Å². The van der Waals surface area contributed by atoms with Crippen molar-refractivity contribution in [3.05, 3.63) is 41.7 Å². The van der Waals surface area contributed by atoms with Crippen LogP contribution >= 0.6 is 0 Å². The summed E-state index contributed by atoms with van der Waals surface area (Å²) in [6.07, 6.45) is 1.80. The summed E-state index contributed by atoms with van der Waals surface area (Å²) >= 11 is 0. The number of hydrogen-bond donors (Lipinski definition) is 2. The van der Waals surface area contributed by atoms with Crippen molar-refractivity contribution in [2.24, 2.45) is 7.05 Å². The van der Waals surface area contributed by atoms with Crippen molar-refractivity contribution in [3.63, 3.8) is 0 Å². The molecule has 0 aliphatic heterocycles. The van der Waals surface area contributed by atoms with E-state index in [1.165, 1.54) is 0 Å². The van der Waals surface area contributed by atoms with Gasteiger partial charge in [0, 0.05) is 29.7 Å². The molecule has 0 saturated carbocycles. The van der Waals surface area contributed by atoms with Crippen LogP contribution in [-0.4, -0.2) is 36.0 Å². The van der Waals surface area contributed by atoms with Gasteiger partial charge in [-0.1, -0.05) is 11.3 Å². The lowest BCUT2D eigenvalue weighted by Crippen LogP contribution is -1.99. The van der Waals surface area contributed by atoms with Gasteiger partial charge >= 0.3 is 5.97 Å². The second-order valence-electron chi connectivity index (χ2n) is 5.84. The number of hydrogen-bond acceptors (Lipinski definition) is 4. The van der Waals surface area contributed by atoms with Crippen LogP contribution in [0.1, 0.15) is 11.3 Å². The Morgan fingerprint density at radius 2 is 2.12 bits per heavy atom. The highest BCUT2D eigenvalue weighted by molar-refractivity contribution is 6.06. The van der Waals surface area contributed by atoms with Crippen LogP contribution in [0.4, 0.5) is 0 Å². The molecule has 4 aromatic rings. The molecule has 0 amide bonds. The van der Waals surface area contributed by atoms with Crippen molar-refractivity contribution < 1.29 is 9.90 Å². The average Bonchev–Trinajstić information content (AvgIpc) is 3.06. The molecule has 0 aliphatic carbocycles. The molecule has 0 radical (unpaired) electrons. The average molecular weight is 321 g/mol. The number of H-pyrrole nitrogens is 1. The van der Waals surface area contributed by atoms with E-state index in [0.717, 1.165) is 44.5 Å². The molecule has 24 heavy (non-hydrogen) atoms. The van der Waals surface area contributed by atoms with Crippen LogP contribution < -0.4 is 0 Å². The second-order valence-corrected chi connectivity index (χ2v) is 5.84. The van der Waals surface area contributed by atoms with Crippen molar-refractivity contribution in [1.82, 2.24) is 25.0 Å². The first-order valence-corrected chi connectivity index (χ1v) is 7.52. The van der Waals surface area contributed by atoms with Gasteiger partial charge in [-0.15, -0.1) is 5.10 Å². The van der Waals surface area contributed by atoms with Gasteiger partial charge in [0.2, 0.25) is 0 Å². The van der Waals surface area contributed by atoms with Gasteiger partial charge in [-0.05, 0) is 30.7 Å². The van der Waals surface area contributed by atoms with Crippen molar-refractivity contribution >= 4 is 27.9 Å². The third-order valence-electron chi connectivity index (χ3n) is 4.12. The highest BCUT2D eigenvalue weighted by Crippen LogP contribution is 2.29. The fraction of sp³-hybridized carbons (Fsp3) is 0.176. The standard InChI is InChI=1S/C17H15N5O2/c1-9-17(22(2)21-20-9)11-7-14-16(18-8-11)12-5-10(6-15(23)24)3-4-13(12)19-14/h3-5,7-8,19H,6H2,1-2H3,(H,23,24). The SMILES string of the molecule is Cc1nnn(C)c1-c1cnc2c(c1)[nH]c1ccc(CC(=O)O)cc12. The molecule has 1 aromatic carbocycles. The Balaban J connectivity index is 1.89. The molecule has 120 valence electrons. The van der Waals surface area contributed by atoms with Gasteiger partial charge in [-0.25, -0.2) is 4.68 Å². The van der Waals surface area contributed by atoms with Crippen molar-refractivity contribution in [2.75, 3.05) is 0 Å². The molecule has 3 heterocycles. The van der Waals surface area contributed by atoms with Gasteiger partial charge in [0.15, 0.2) is 0 Å². The summed E-state index contributed by atoms with van der Waals surface area (Å²) < 4.78 is 1.73. The lowest BCUT2D eigenvalue weighted by molar-refractivity contribution is -0.136. The maximum atomic E-state index is 10.9. The first kappa shape index (κ1) is 14.4. The zero-order valence-electron chi connectivity index (χ0n) is 13.2. The number of benzene rings is 1. The molecule has 0 spiro atoms. The maximum Gasteiger partial charge on any atom is 0.307 e. The van der Waals surface area contributed by atoms with Crippen molar-refractivity contribution in [1.29, 1.82) is 0 Å². The minimum atomic E-state index is -0.844. The number of carboxylic acids is 1. The number of nitrogens with zero attached hydrogens (tertiary/aromatic N) is 4. The number of aromatic nitrogens is 5. The molecule has 4 rings (SSSR count). The molecule has 0 unspecified atom stereocenters. The molecule has 7 heteroatoms. The van der Waals surface area contributed by atoms with E-state index in [1.54, 1.807) is 10.9 Å². The van der Waals surface area contributed by atoms with Gasteiger partial charge < -0.3 is 10.1 Å². The normalized spacial score (nSPS) is 11.4. The van der Waals surface area contributed by atoms with E-state index in [1.807, 2.05) is 38.2 Å². The number of aliphatic carboxylic acids is 1. The first-order valence-electron chi connectivity index (χ1n) is 7.52. The van der Waals surface area contributed by atoms with Gasteiger partial charge in [0.25, 0.3) is 0 Å². The van der Waals surface area contributed by atoms with Crippen LogP contribution in [0.2, 0.25) is 0 Å². The highest BCUT2D eigenvalue weighted by Gasteiger charge is 2.13. The van der Waals surface area contributed by atoms with Crippen LogP contribution in [0.3, 0.4) is 0 Å². The summed E-state index contributed by atoms with van der Waals surface area (Å²) in [4.78, 5) is 18.8. The fourth-order valence-electron chi connectivity index (χ4n) is 3.09. The summed E-state index contributed by atoms with van der Waals surface area (Å²) in [5.74, 6) is -0.844. The molecule has 2 N–H and O–H groups in total. The fourth-order valence-corrected chi connectivity index (χ4v) is 3.09. The molecule has 0 atom stereocenters. The Bertz CT molecular complexity index is 1070. The molecular weight excluding hydrogens is 306 g/mol. The Morgan fingerprint density at radius 1 is 1.29 bits per heavy atom. The lowest BCUT2D eigenvalue weighted by atomic mass is 10.1. The second kappa shape index (κ2) is 5.16. The van der Waals surface area contributed by atoms with Crippen molar-refractivity contribution in [2.45, 2.75) is 13.3 Å². The molecule has 0 bridgehead atoms. The predicted octanol–water partition coefficient (Wildman–Crippen LogP) is 2.45. The smallest absolute Gasteiger partial charge is 0.307 e. The minimum Gasteiger partial charge on any atom is -0.481 e. The maximum absolute atomic E-state index is 10.9. The molecular formula is C17H15N5O2. The van der Waals surface area contributed by atoms with E-state index in [9.17, 15) is 4.79 Å². The molecule has 3 aromatic heterocycles. The van der Waals surface area contributed by atoms with Crippen LogP contribution in [0.5, 0.6) is 0 Å². The summed E-state index contributed by atoms with van der Waals surface area (Å²) in [6, 6.07) is 7.62. The zero-order chi connectivity index (χ0) is 16.8. The van der Waals surface area contributed by atoms with Gasteiger partial charge in [0.05, 0.1) is 28.8 Å². The van der Waals surface area contributed by atoms with Crippen LogP contribution in [0, 0.1) is 6.92 Å². The number of aryl methyl sites for hydroxylation is 2. The number of rotatable bonds is 3. The molecule has 0 fully saturated rings. The van der Waals surface area contributed by atoms with E-state index in [-0.39, 0.29) is 6.42 Å². The van der Waals surface area contributed by atoms with E-state index in [4.69, 9.17) is 5.11 Å². The Kier molecular flexibility index (Phi) is 3.09. The largest absolute Gasteiger partial charge is 0.481 e. The topological polar surface area (TPSA) is 96.7 Å². The minimum absolute atomic E-state index is 0.000576. The number of carbonyl (C=O) groups is 1. The number of fused-ring (bicyclic) bond motifs is 3. The first-order chi connectivity index (χ1) is 11.5.